The number of benzene rings is 1. The van der Waals surface area contributed by atoms with E-state index in [-0.39, 0.29) is 30.1 Å². The van der Waals surface area contributed by atoms with E-state index in [1.54, 1.807) is 0 Å². The van der Waals surface area contributed by atoms with Gasteiger partial charge >= 0.3 is 0 Å². The van der Waals surface area contributed by atoms with Gasteiger partial charge in [0.25, 0.3) is 0 Å². The van der Waals surface area contributed by atoms with Crippen molar-refractivity contribution in [1.29, 1.82) is 0 Å². The third kappa shape index (κ3) is 6.61. The minimum absolute atomic E-state index is 0. The number of rotatable bonds is 7. The molecule has 3 rings (SSSR count). The molecule has 1 unspecified atom stereocenters. The third-order valence-corrected chi connectivity index (χ3v) is 5.16. The zero-order chi connectivity index (χ0) is 17.5. The molecule has 1 aliphatic carbocycles. The van der Waals surface area contributed by atoms with E-state index in [0.717, 1.165) is 30.7 Å². The number of halogens is 1. The van der Waals surface area contributed by atoms with Crippen LogP contribution < -0.4 is 15.4 Å². The van der Waals surface area contributed by atoms with Gasteiger partial charge in [-0.1, -0.05) is 25.1 Å². The van der Waals surface area contributed by atoms with Crippen LogP contribution in [0, 0.1) is 0 Å². The zero-order valence-corrected chi connectivity index (χ0v) is 18.3. The first-order chi connectivity index (χ1) is 12.3. The Labute approximate surface area is 175 Å². The van der Waals surface area contributed by atoms with Crippen LogP contribution in [0.2, 0.25) is 0 Å². The van der Waals surface area contributed by atoms with Crippen LogP contribution in [-0.2, 0) is 0 Å². The van der Waals surface area contributed by atoms with Gasteiger partial charge in [-0.2, -0.15) is 0 Å². The molecule has 2 aliphatic rings. The van der Waals surface area contributed by atoms with Crippen molar-refractivity contribution >= 4 is 29.9 Å². The molecular weight excluding hydrogens is 439 g/mol. The number of para-hydroxylation sites is 1. The van der Waals surface area contributed by atoms with Crippen LogP contribution in [0.5, 0.6) is 5.75 Å². The highest BCUT2D eigenvalue weighted by molar-refractivity contribution is 14.0. The maximum absolute atomic E-state index is 6.04. The molecule has 0 spiro atoms. The van der Waals surface area contributed by atoms with E-state index in [9.17, 15) is 0 Å². The summed E-state index contributed by atoms with van der Waals surface area (Å²) in [6.07, 6.45) is 6.31. The van der Waals surface area contributed by atoms with E-state index in [0.29, 0.717) is 6.04 Å². The molecule has 6 heteroatoms. The predicted octanol–water partition coefficient (Wildman–Crippen LogP) is 3.25. The summed E-state index contributed by atoms with van der Waals surface area (Å²) in [6.45, 7) is 5.34. The van der Waals surface area contributed by atoms with Crippen molar-refractivity contribution in [3.05, 3.63) is 30.3 Å². The molecule has 1 atom stereocenters. The Hall–Kier alpha value is -1.02. The minimum Gasteiger partial charge on any atom is -0.489 e. The lowest BCUT2D eigenvalue weighted by atomic mass is 10.1. The fourth-order valence-electron chi connectivity index (χ4n) is 3.41. The number of likely N-dealkylation sites (tertiary alicyclic amines) is 1. The van der Waals surface area contributed by atoms with Crippen molar-refractivity contribution in [1.82, 2.24) is 15.5 Å². The average molecular weight is 472 g/mol. The SMILES string of the molecule is CCC(CNC(=NC)NC1CCN(C2CC2)CC1)Oc1ccccc1.I. The van der Waals surface area contributed by atoms with E-state index < -0.39 is 0 Å². The molecule has 0 bridgehead atoms. The lowest BCUT2D eigenvalue weighted by Gasteiger charge is -2.33. The quantitative estimate of drug-likeness (QED) is 0.364. The van der Waals surface area contributed by atoms with Gasteiger partial charge in [0, 0.05) is 32.2 Å². The second kappa shape index (κ2) is 11.0. The van der Waals surface area contributed by atoms with Crippen LogP contribution >= 0.6 is 24.0 Å². The molecule has 2 N–H and O–H groups in total. The molecule has 1 aromatic rings. The first-order valence-electron chi connectivity index (χ1n) is 9.71. The monoisotopic (exact) mass is 472 g/mol. The van der Waals surface area contributed by atoms with Gasteiger partial charge in [-0.3, -0.25) is 4.99 Å². The second-order valence-corrected chi connectivity index (χ2v) is 7.10. The number of ether oxygens (including phenoxy) is 1. The van der Waals surface area contributed by atoms with E-state index in [1.165, 1.54) is 38.8 Å². The van der Waals surface area contributed by atoms with Crippen molar-refractivity contribution in [2.24, 2.45) is 4.99 Å². The summed E-state index contributed by atoms with van der Waals surface area (Å²) in [5, 5.41) is 7.02. The fraction of sp³-hybridized carbons (Fsp3) is 0.650. The predicted molar refractivity (Wildman–Crippen MR) is 119 cm³/mol. The Morgan fingerprint density at radius 2 is 1.88 bits per heavy atom. The number of hydrogen-bond acceptors (Lipinski definition) is 3. The molecule has 146 valence electrons. The number of hydrogen-bond donors (Lipinski definition) is 2. The summed E-state index contributed by atoms with van der Waals surface area (Å²) in [5.41, 5.74) is 0. The summed E-state index contributed by atoms with van der Waals surface area (Å²) < 4.78 is 6.04. The van der Waals surface area contributed by atoms with Gasteiger partial charge in [-0.15, -0.1) is 24.0 Å². The first-order valence-corrected chi connectivity index (χ1v) is 9.71. The number of piperidine rings is 1. The molecule has 1 heterocycles. The van der Waals surface area contributed by atoms with Gasteiger partial charge in [0.1, 0.15) is 11.9 Å². The molecule has 5 nitrogen and oxygen atoms in total. The summed E-state index contributed by atoms with van der Waals surface area (Å²) in [5.74, 6) is 1.81. The maximum atomic E-state index is 6.04. The van der Waals surface area contributed by atoms with Gasteiger partial charge in [0.05, 0.1) is 6.54 Å². The Morgan fingerprint density at radius 1 is 1.19 bits per heavy atom. The van der Waals surface area contributed by atoms with E-state index in [4.69, 9.17) is 4.74 Å². The van der Waals surface area contributed by atoms with Gasteiger partial charge in [-0.05, 0) is 44.2 Å². The Bertz CT molecular complexity index is 542. The van der Waals surface area contributed by atoms with Gasteiger partial charge in [0.2, 0.25) is 0 Å². The second-order valence-electron chi connectivity index (χ2n) is 7.10. The third-order valence-electron chi connectivity index (χ3n) is 5.16. The van der Waals surface area contributed by atoms with Crippen molar-refractivity contribution in [3.8, 4) is 5.75 Å². The van der Waals surface area contributed by atoms with E-state index in [2.05, 4.69) is 27.4 Å². The van der Waals surface area contributed by atoms with Crippen LogP contribution in [0.15, 0.2) is 35.3 Å². The standard InChI is InChI=1S/C20H32N4O.HI/c1-3-18(25-19-7-5-4-6-8-19)15-22-20(21-2)23-16-11-13-24(14-12-16)17-9-10-17;/h4-8,16-18H,3,9-15H2,1-2H3,(H2,21,22,23);1H. The highest BCUT2D eigenvalue weighted by Gasteiger charge is 2.31. The fourth-order valence-corrected chi connectivity index (χ4v) is 3.41. The largest absolute Gasteiger partial charge is 0.489 e. The number of nitrogens with zero attached hydrogens (tertiary/aromatic N) is 2. The first kappa shape index (κ1) is 21.3. The minimum atomic E-state index is 0. The topological polar surface area (TPSA) is 48.9 Å². The highest BCUT2D eigenvalue weighted by atomic mass is 127. The van der Waals surface area contributed by atoms with E-state index >= 15 is 0 Å². The van der Waals surface area contributed by atoms with Gasteiger partial charge in [-0.25, -0.2) is 0 Å². The number of nitrogens with one attached hydrogen (secondary N) is 2. The van der Waals surface area contributed by atoms with Crippen molar-refractivity contribution in [3.63, 3.8) is 0 Å². The van der Waals surface area contributed by atoms with Gasteiger partial charge in [0.15, 0.2) is 5.96 Å². The maximum Gasteiger partial charge on any atom is 0.191 e. The lowest BCUT2D eigenvalue weighted by molar-refractivity contribution is 0.193. The summed E-state index contributed by atoms with van der Waals surface area (Å²) in [7, 11) is 1.84. The molecule has 1 saturated heterocycles. The highest BCUT2D eigenvalue weighted by Crippen LogP contribution is 2.29. The van der Waals surface area contributed by atoms with Crippen LogP contribution in [0.3, 0.4) is 0 Å². The Morgan fingerprint density at radius 3 is 2.46 bits per heavy atom. The smallest absolute Gasteiger partial charge is 0.191 e. The van der Waals surface area contributed by atoms with Crippen LogP contribution in [0.4, 0.5) is 0 Å². The number of guanidine groups is 1. The van der Waals surface area contributed by atoms with E-state index in [1.807, 2.05) is 37.4 Å². The molecule has 2 fully saturated rings. The average Bonchev–Trinajstić information content (AvgIpc) is 3.50. The van der Waals surface area contributed by atoms with Crippen molar-refractivity contribution < 1.29 is 4.74 Å². The Kier molecular flexibility index (Phi) is 8.98. The molecule has 0 radical (unpaired) electrons. The normalized spacial score (nSPS) is 20.2. The number of aliphatic imine (C=N–C) groups is 1. The molecule has 0 amide bonds. The summed E-state index contributed by atoms with van der Waals surface area (Å²) in [4.78, 5) is 7.04. The molecule has 1 aromatic carbocycles. The molecule has 1 aliphatic heterocycles. The molecule has 26 heavy (non-hydrogen) atoms. The van der Waals surface area contributed by atoms with Gasteiger partial charge < -0.3 is 20.3 Å². The Balaban J connectivity index is 0.00000243. The van der Waals surface area contributed by atoms with Crippen LogP contribution in [-0.4, -0.2) is 55.7 Å². The zero-order valence-electron chi connectivity index (χ0n) is 16.0. The van der Waals surface area contributed by atoms with Crippen molar-refractivity contribution in [2.45, 2.75) is 57.2 Å². The van der Waals surface area contributed by atoms with Crippen LogP contribution in [0.25, 0.3) is 0 Å². The van der Waals surface area contributed by atoms with Crippen molar-refractivity contribution in [2.75, 3.05) is 26.7 Å². The molecule has 0 aromatic heterocycles. The molecule has 1 saturated carbocycles. The summed E-state index contributed by atoms with van der Waals surface area (Å²) >= 11 is 0. The van der Waals surface area contributed by atoms with Crippen LogP contribution in [0.1, 0.15) is 39.0 Å². The molecular formula is C20H33IN4O. The summed E-state index contributed by atoms with van der Waals surface area (Å²) in [6, 6.07) is 11.4. The lowest BCUT2D eigenvalue weighted by Crippen LogP contribution is -2.50.